The van der Waals surface area contributed by atoms with Crippen LogP contribution in [-0.4, -0.2) is 33.2 Å². The van der Waals surface area contributed by atoms with Crippen molar-refractivity contribution in [3.8, 4) is 0 Å². The molecule has 3 aromatic rings. The third-order valence-corrected chi connectivity index (χ3v) is 5.37. The molecule has 0 saturated heterocycles. The molecule has 0 aliphatic rings. The molecule has 0 unspecified atom stereocenters. The monoisotopic (exact) mass is 363 g/mol. The summed E-state index contributed by atoms with van der Waals surface area (Å²) in [5, 5.41) is 4.02. The molecule has 2 heterocycles. The minimum Gasteiger partial charge on any atom is -0.295 e. The van der Waals surface area contributed by atoms with Gasteiger partial charge in [-0.15, -0.1) is 0 Å². The first-order chi connectivity index (χ1) is 11.6. The van der Waals surface area contributed by atoms with Crippen LogP contribution in [0.2, 0.25) is 0 Å². The maximum atomic E-state index is 12.5. The summed E-state index contributed by atoms with van der Waals surface area (Å²) in [5.41, 5.74) is 1.40. The van der Waals surface area contributed by atoms with Gasteiger partial charge in [0.1, 0.15) is 0 Å². The Kier molecular flexibility index (Phi) is 3.79. The van der Waals surface area contributed by atoms with Crippen molar-refractivity contribution in [2.45, 2.75) is 11.8 Å². The van der Waals surface area contributed by atoms with Crippen molar-refractivity contribution in [2.24, 2.45) is 21.1 Å². The first-order valence-electron chi connectivity index (χ1n) is 7.34. The Morgan fingerprint density at radius 1 is 1.12 bits per heavy atom. The predicted molar refractivity (Wildman–Crippen MR) is 90.8 cm³/mol. The molecule has 1 amide bonds. The van der Waals surface area contributed by atoms with E-state index in [0.717, 1.165) is 0 Å². The molecule has 0 spiro atoms. The molecule has 0 atom stereocenters. The molecule has 0 aliphatic heterocycles. The number of rotatable bonds is 3. The number of hydrogen-bond acceptors (Lipinski definition) is 5. The quantitative estimate of drug-likeness (QED) is 0.707. The van der Waals surface area contributed by atoms with Gasteiger partial charge in [-0.2, -0.15) is 5.10 Å². The fourth-order valence-electron chi connectivity index (χ4n) is 2.71. The number of fused-ring (bicyclic) bond motifs is 1. The SMILES string of the molecule is Cc1nn(C)cc1C(=O)NS(=O)(=O)c1ccc2c(c1)n(C)c(=O)n2C. The van der Waals surface area contributed by atoms with Crippen LogP contribution in [0, 0.1) is 6.92 Å². The van der Waals surface area contributed by atoms with Crippen LogP contribution < -0.4 is 10.4 Å². The van der Waals surface area contributed by atoms with Crippen LogP contribution in [0.25, 0.3) is 11.0 Å². The zero-order valence-electron chi connectivity index (χ0n) is 14.1. The number of aromatic nitrogens is 4. The van der Waals surface area contributed by atoms with Gasteiger partial charge < -0.3 is 0 Å². The Labute approximate surface area is 143 Å². The molecule has 0 fully saturated rings. The van der Waals surface area contributed by atoms with E-state index in [9.17, 15) is 18.0 Å². The van der Waals surface area contributed by atoms with E-state index in [-0.39, 0.29) is 16.1 Å². The van der Waals surface area contributed by atoms with Crippen molar-refractivity contribution in [1.29, 1.82) is 0 Å². The van der Waals surface area contributed by atoms with Gasteiger partial charge in [0, 0.05) is 27.3 Å². The summed E-state index contributed by atoms with van der Waals surface area (Å²) >= 11 is 0. The van der Waals surface area contributed by atoms with Crippen molar-refractivity contribution in [2.75, 3.05) is 0 Å². The molecule has 25 heavy (non-hydrogen) atoms. The molecule has 0 bridgehead atoms. The van der Waals surface area contributed by atoms with Crippen LogP contribution in [0.1, 0.15) is 16.1 Å². The highest BCUT2D eigenvalue weighted by molar-refractivity contribution is 7.90. The van der Waals surface area contributed by atoms with Crippen LogP contribution in [0.3, 0.4) is 0 Å². The molecule has 10 heteroatoms. The Hall–Kier alpha value is -2.88. The van der Waals surface area contributed by atoms with E-state index in [1.165, 1.54) is 38.2 Å². The van der Waals surface area contributed by atoms with Gasteiger partial charge in [-0.05, 0) is 25.1 Å². The maximum Gasteiger partial charge on any atom is 0.328 e. The van der Waals surface area contributed by atoms with Gasteiger partial charge in [0.25, 0.3) is 15.9 Å². The summed E-state index contributed by atoms with van der Waals surface area (Å²) in [7, 11) is 0.710. The van der Waals surface area contributed by atoms with Gasteiger partial charge in [0.15, 0.2) is 0 Å². The predicted octanol–water partition coefficient (Wildman–Crippen LogP) is 0.0376. The number of imidazole rings is 1. The molecule has 0 radical (unpaired) electrons. The summed E-state index contributed by atoms with van der Waals surface area (Å²) in [6.07, 6.45) is 1.45. The number of nitrogens with zero attached hydrogens (tertiary/aromatic N) is 4. The lowest BCUT2D eigenvalue weighted by molar-refractivity contribution is 0.0980. The number of carbonyl (C=O) groups excluding carboxylic acids is 1. The van der Waals surface area contributed by atoms with Gasteiger partial charge in [0.05, 0.1) is 27.2 Å². The minimum absolute atomic E-state index is 0.101. The highest BCUT2D eigenvalue weighted by Crippen LogP contribution is 2.18. The second-order valence-electron chi connectivity index (χ2n) is 5.79. The van der Waals surface area contributed by atoms with Crippen molar-refractivity contribution >= 4 is 27.0 Å². The summed E-state index contributed by atoms with van der Waals surface area (Å²) in [6, 6.07) is 4.25. The number of nitrogens with one attached hydrogen (secondary N) is 1. The minimum atomic E-state index is -4.09. The van der Waals surface area contributed by atoms with Crippen LogP contribution >= 0.6 is 0 Å². The molecule has 2 aromatic heterocycles. The van der Waals surface area contributed by atoms with Gasteiger partial charge in [-0.3, -0.25) is 18.6 Å². The average Bonchev–Trinajstić information content (AvgIpc) is 2.99. The van der Waals surface area contributed by atoms with Crippen LogP contribution in [0.15, 0.2) is 34.1 Å². The van der Waals surface area contributed by atoms with E-state index in [4.69, 9.17) is 0 Å². The number of amides is 1. The molecule has 0 aliphatic carbocycles. The Balaban J connectivity index is 2.01. The van der Waals surface area contributed by atoms with E-state index in [2.05, 4.69) is 5.10 Å². The highest BCUT2D eigenvalue weighted by Gasteiger charge is 2.22. The lowest BCUT2D eigenvalue weighted by atomic mass is 10.2. The summed E-state index contributed by atoms with van der Waals surface area (Å²) in [4.78, 5) is 24.1. The number of aryl methyl sites for hydroxylation is 4. The molecule has 0 saturated carbocycles. The molecular weight excluding hydrogens is 346 g/mol. The summed E-state index contributed by atoms with van der Waals surface area (Å²) in [6.45, 7) is 1.62. The fraction of sp³-hybridized carbons (Fsp3) is 0.267. The van der Waals surface area contributed by atoms with Crippen molar-refractivity contribution < 1.29 is 13.2 Å². The molecule has 132 valence electrons. The van der Waals surface area contributed by atoms with Gasteiger partial charge in [0.2, 0.25) is 0 Å². The topological polar surface area (TPSA) is 108 Å². The molecule has 9 nitrogen and oxygen atoms in total. The second-order valence-corrected chi connectivity index (χ2v) is 7.47. The van der Waals surface area contributed by atoms with Gasteiger partial charge in [-0.25, -0.2) is 17.9 Å². The first-order valence-corrected chi connectivity index (χ1v) is 8.83. The standard InChI is InChI=1S/C15H17N5O4S/c1-9-11(8-18(2)16-9)14(21)17-25(23,24)10-5-6-12-13(7-10)20(4)15(22)19(12)3/h5-8H,1-4H3,(H,17,21). The van der Waals surface area contributed by atoms with E-state index < -0.39 is 15.9 Å². The van der Waals surface area contributed by atoms with Crippen molar-refractivity contribution in [1.82, 2.24) is 23.6 Å². The number of benzene rings is 1. The second kappa shape index (κ2) is 5.59. The Morgan fingerprint density at radius 3 is 2.36 bits per heavy atom. The largest absolute Gasteiger partial charge is 0.328 e. The smallest absolute Gasteiger partial charge is 0.295 e. The van der Waals surface area contributed by atoms with E-state index in [0.29, 0.717) is 16.7 Å². The van der Waals surface area contributed by atoms with Crippen LogP contribution in [0.4, 0.5) is 0 Å². The lowest BCUT2D eigenvalue weighted by Gasteiger charge is -2.07. The highest BCUT2D eigenvalue weighted by atomic mass is 32.2. The molecular formula is C15H17N5O4S. The average molecular weight is 363 g/mol. The zero-order valence-corrected chi connectivity index (χ0v) is 15.0. The molecule has 1 aromatic carbocycles. The summed E-state index contributed by atoms with van der Waals surface area (Å²) in [5.74, 6) is -0.757. The first kappa shape index (κ1) is 17.0. The Bertz CT molecular complexity index is 1170. The van der Waals surface area contributed by atoms with Gasteiger partial charge >= 0.3 is 5.69 Å². The van der Waals surface area contributed by atoms with Crippen molar-refractivity contribution in [3.63, 3.8) is 0 Å². The van der Waals surface area contributed by atoms with Crippen LogP contribution in [0.5, 0.6) is 0 Å². The number of carbonyl (C=O) groups is 1. The third kappa shape index (κ3) is 2.74. The normalized spacial score (nSPS) is 11.8. The van der Waals surface area contributed by atoms with E-state index in [1.807, 2.05) is 4.72 Å². The van der Waals surface area contributed by atoms with Gasteiger partial charge in [-0.1, -0.05) is 0 Å². The maximum absolute atomic E-state index is 12.5. The Morgan fingerprint density at radius 2 is 1.76 bits per heavy atom. The summed E-state index contributed by atoms with van der Waals surface area (Å²) < 4.78 is 31.3. The molecule has 1 N–H and O–H groups in total. The fourth-order valence-corrected chi connectivity index (χ4v) is 3.70. The van der Waals surface area contributed by atoms with Crippen molar-refractivity contribution in [3.05, 3.63) is 46.1 Å². The zero-order chi connectivity index (χ0) is 18.5. The molecule has 3 rings (SSSR count). The third-order valence-electron chi connectivity index (χ3n) is 4.04. The van der Waals surface area contributed by atoms with E-state index >= 15 is 0 Å². The lowest BCUT2D eigenvalue weighted by Crippen LogP contribution is -2.30. The number of sulfonamides is 1. The number of hydrogen-bond donors (Lipinski definition) is 1. The van der Waals surface area contributed by atoms with E-state index in [1.54, 1.807) is 28.1 Å². The van der Waals surface area contributed by atoms with Crippen LogP contribution in [-0.2, 0) is 31.2 Å².